The molecule has 0 saturated carbocycles. The van der Waals surface area contributed by atoms with Gasteiger partial charge in [0.05, 0.1) is 23.7 Å². The lowest BCUT2D eigenvalue weighted by Crippen LogP contribution is -2.21. The second-order valence-electron chi connectivity index (χ2n) is 6.45. The zero-order valence-corrected chi connectivity index (χ0v) is 15.4. The lowest BCUT2D eigenvalue weighted by Gasteiger charge is -2.12. The Morgan fingerprint density at radius 1 is 1.19 bits per heavy atom. The van der Waals surface area contributed by atoms with Gasteiger partial charge < -0.3 is 9.30 Å². The second-order valence-corrected chi connectivity index (χ2v) is 6.45. The minimum atomic E-state index is -0.0636. The van der Waals surface area contributed by atoms with E-state index in [4.69, 9.17) is 4.74 Å². The quantitative estimate of drug-likeness (QED) is 0.491. The standard InChI is InChI=1S/C20H21N5O2/c1-3-4-5-10-24-11-9-16-17(19(24)26)18(25-20(23-16)21-13-22-25)14-7-6-8-15(12-14)27-2/h6-9,11-13H,3-5,10H2,1-2H3. The van der Waals surface area contributed by atoms with Crippen molar-refractivity contribution in [2.45, 2.75) is 32.7 Å². The molecule has 0 aliphatic rings. The lowest BCUT2D eigenvalue weighted by atomic mass is 10.1. The Morgan fingerprint density at radius 2 is 2.07 bits per heavy atom. The fourth-order valence-electron chi connectivity index (χ4n) is 3.31. The van der Waals surface area contributed by atoms with Gasteiger partial charge in [0.2, 0.25) is 0 Å². The van der Waals surface area contributed by atoms with Crippen molar-refractivity contribution in [2.75, 3.05) is 7.11 Å². The summed E-state index contributed by atoms with van der Waals surface area (Å²) in [6.07, 6.45) is 6.43. The van der Waals surface area contributed by atoms with Crippen molar-refractivity contribution in [1.82, 2.24) is 24.1 Å². The number of benzene rings is 1. The molecule has 4 aromatic rings. The van der Waals surface area contributed by atoms with E-state index in [9.17, 15) is 4.79 Å². The highest BCUT2D eigenvalue weighted by molar-refractivity contribution is 5.93. The summed E-state index contributed by atoms with van der Waals surface area (Å²) in [6.45, 7) is 2.84. The van der Waals surface area contributed by atoms with Crippen LogP contribution in [-0.4, -0.2) is 31.3 Å². The Bertz CT molecular complexity index is 1160. The number of hydrogen-bond donors (Lipinski definition) is 0. The molecule has 0 amide bonds. The monoisotopic (exact) mass is 363 g/mol. The second kappa shape index (κ2) is 7.19. The zero-order chi connectivity index (χ0) is 18.8. The molecule has 0 N–H and O–H groups in total. The van der Waals surface area contributed by atoms with Crippen molar-refractivity contribution in [1.29, 1.82) is 0 Å². The molecule has 0 spiro atoms. The molecule has 0 bridgehead atoms. The molecule has 1 aromatic carbocycles. The third-order valence-electron chi connectivity index (χ3n) is 4.69. The van der Waals surface area contributed by atoms with Crippen LogP contribution in [0.15, 0.2) is 47.7 Å². The van der Waals surface area contributed by atoms with Crippen LogP contribution in [0.5, 0.6) is 5.75 Å². The summed E-state index contributed by atoms with van der Waals surface area (Å²) in [5.74, 6) is 1.17. The van der Waals surface area contributed by atoms with E-state index in [1.165, 1.54) is 6.33 Å². The molecule has 4 rings (SSSR count). The molecule has 7 nitrogen and oxygen atoms in total. The van der Waals surface area contributed by atoms with Crippen LogP contribution in [0.2, 0.25) is 0 Å². The van der Waals surface area contributed by atoms with Crippen LogP contribution in [0.3, 0.4) is 0 Å². The van der Waals surface area contributed by atoms with Gasteiger partial charge in [-0.05, 0) is 24.6 Å². The van der Waals surface area contributed by atoms with Crippen LogP contribution >= 0.6 is 0 Å². The topological polar surface area (TPSA) is 74.3 Å². The molecule has 27 heavy (non-hydrogen) atoms. The Hall–Kier alpha value is -3.22. The van der Waals surface area contributed by atoms with Gasteiger partial charge in [0.15, 0.2) is 0 Å². The van der Waals surface area contributed by atoms with E-state index in [1.807, 2.05) is 36.5 Å². The normalized spacial score (nSPS) is 11.3. The Morgan fingerprint density at radius 3 is 2.89 bits per heavy atom. The fourth-order valence-corrected chi connectivity index (χ4v) is 3.31. The van der Waals surface area contributed by atoms with Crippen LogP contribution in [0.1, 0.15) is 26.2 Å². The van der Waals surface area contributed by atoms with Gasteiger partial charge in [0, 0.05) is 18.3 Å². The maximum absolute atomic E-state index is 13.3. The molecule has 3 heterocycles. The van der Waals surface area contributed by atoms with Gasteiger partial charge in [-0.25, -0.2) is 4.98 Å². The van der Waals surface area contributed by atoms with E-state index in [0.29, 0.717) is 34.7 Å². The van der Waals surface area contributed by atoms with Crippen LogP contribution in [-0.2, 0) is 6.54 Å². The van der Waals surface area contributed by atoms with E-state index in [0.717, 1.165) is 24.8 Å². The number of unbranched alkanes of at least 4 members (excludes halogenated alkanes) is 2. The number of aromatic nitrogens is 5. The highest BCUT2D eigenvalue weighted by Gasteiger charge is 2.17. The first kappa shape index (κ1) is 17.2. The molecule has 0 aliphatic carbocycles. The number of fused-ring (bicyclic) bond motifs is 2. The summed E-state index contributed by atoms with van der Waals surface area (Å²) in [6, 6.07) is 9.47. The summed E-state index contributed by atoms with van der Waals surface area (Å²) in [5, 5.41) is 4.84. The third-order valence-corrected chi connectivity index (χ3v) is 4.69. The van der Waals surface area contributed by atoms with Crippen LogP contribution in [0, 0.1) is 0 Å². The molecule has 0 atom stereocenters. The van der Waals surface area contributed by atoms with E-state index in [2.05, 4.69) is 22.0 Å². The molecule has 0 aliphatic heterocycles. The molecule has 3 aromatic heterocycles. The first-order valence-corrected chi connectivity index (χ1v) is 9.10. The molecule has 0 radical (unpaired) electrons. The van der Waals surface area contributed by atoms with Gasteiger partial charge in [0.25, 0.3) is 11.3 Å². The van der Waals surface area contributed by atoms with E-state index >= 15 is 0 Å². The van der Waals surface area contributed by atoms with E-state index in [1.54, 1.807) is 16.2 Å². The third kappa shape index (κ3) is 3.05. The Labute approximate surface area is 156 Å². The van der Waals surface area contributed by atoms with Gasteiger partial charge in [-0.3, -0.25) is 4.79 Å². The van der Waals surface area contributed by atoms with E-state index < -0.39 is 0 Å². The molecule has 138 valence electrons. The predicted octanol–water partition coefficient (Wildman–Crippen LogP) is 3.31. The van der Waals surface area contributed by atoms with Crippen molar-refractivity contribution in [3.05, 3.63) is 53.2 Å². The number of nitrogens with zero attached hydrogens (tertiary/aromatic N) is 5. The predicted molar refractivity (Wildman–Crippen MR) is 104 cm³/mol. The highest BCUT2D eigenvalue weighted by Crippen LogP contribution is 2.28. The van der Waals surface area contributed by atoms with Crippen molar-refractivity contribution in [2.24, 2.45) is 0 Å². The number of hydrogen-bond acceptors (Lipinski definition) is 5. The van der Waals surface area contributed by atoms with Gasteiger partial charge in [-0.1, -0.05) is 31.9 Å². The zero-order valence-electron chi connectivity index (χ0n) is 15.4. The van der Waals surface area contributed by atoms with Crippen LogP contribution < -0.4 is 10.3 Å². The average molecular weight is 363 g/mol. The average Bonchev–Trinajstić information content (AvgIpc) is 3.16. The van der Waals surface area contributed by atoms with Gasteiger partial charge in [-0.2, -0.15) is 14.6 Å². The maximum Gasteiger partial charge on any atom is 0.262 e. The molecule has 0 saturated heterocycles. The first-order valence-electron chi connectivity index (χ1n) is 9.10. The van der Waals surface area contributed by atoms with Crippen LogP contribution in [0.4, 0.5) is 0 Å². The molecule has 7 heteroatoms. The van der Waals surface area contributed by atoms with Crippen molar-refractivity contribution >= 4 is 16.7 Å². The van der Waals surface area contributed by atoms with Crippen molar-refractivity contribution in [3.63, 3.8) is 0 Å². The number of pyridine rings is 1. The fraction of sp³-hybridized carbons (Fsp3) is 0.300. The largest absolute Gasteiger partial charge is 0.497 e. The van der Waals surface area contributed by atoms with Crippen molar-refractivity contribution < 1.29 is 4.74 Å². The lowest BCUT2D eigenvalue weighted by molar-refractivity contribution is 0.415. The first-order chi connectivity index (χ1) is 13.2. The molecule has 0 fully saturated rings. The van der Waals surface area contributed by atoms with Crippen LogP contribution in [0.25, 0.3) is 27.9 Å². The Balaban J connectivity index is 2.01. The van der Waals surface area contributed by atoms with Crippen molar-refractivity contribution in [3.8, 4) is 17.0 Å². The highest BCUT2D eigenvalue weighted by atomic mass is 16.5. The summed E-state index contributed by atoms with van der Waals surface area (Å²) in [4.78, 5) is 22.0. The summed E-state index contributed by atoms with van der Waals surface area (Å²) in [5.41, 5.74) is 2.07. The molecule has 0 unspecified atom stereocenters. The van der Waals surface area contributed by atoms with Gasteiger partial charge in [0.1, 0.15) is 12.1 Å². The minimum absolute atomic E-state index is 0.0636. The Kier molecular flexibility index (Phi) is 4.58. The maximum atomic E-state index is 13.3. The summed E-state index contributed by atoms with van der Waals surface area (Å²) < 4.78 is 8.73. The molecular weight excluding hydrogens is 342 g/mol. The van der Waals surface area contributed by atoms with E-state index in [-0.39, 0.29) is 5.56 Å². The number of methoxy groups -OCH3 is 1. The molecular formula is C20H21N5O2. The SMILES string of the molecule is CCCCCn1ccc2nc3ncnn3c(-c3cccc(OC)c3)c2c1=O. The summed E-state index contributed by atoms with van der Waals surface area (Å²) >= 11 is 0. The number of ether oxygens (including phenoxy) is 1. The van der Waals surface area contributed by atoms with Gasteiger partial charge in [-0.15, -0.1) is 0 Å². The van der Waals surface area contributed by atoms with Gasteiger partial charge >= 0.3 is 0 Å². The minimum Gasteiger partial charge on any atom is -0.497 e. The number of rotatable bonds is 6. The smallest absolute Gasteiger partial charge is 0.262 e. The summed E-state index contributed by atoms with van der Waals surface area (Å²) in [7, 11) is 1.62. The number of aryl methyl sites for hydroxylation is 1.